The van der Waals surface area contributed by atoms with Crippen molar-refractivity contribution in [3.63, 3.8) is 0 Å². The molecule has 2 rings (SSSR count). The van der Waals surface area contributed by atoms with E-state index >= 15 is 0 Å². The predicted octanol–water partition coefficient (Wildman–Crippen LogP) is 2.70. The smallest absolute Gasteiger partial charge is 0.221 e. The number of rotatable bonds is 6. The first-order chi connectivity index (χ1) is 10.1. The Hall–Kier alpha value is -1.75. The number of imidazole rings is 1. The van der Waals surface area contributed by atoms with Crippen LogP contribution < -0.4 is 10.1 Å². The van der Waals surface area contributed by atoms with Crippen LogP contribution in [0.25, 0.3) is 11.0 Å². The molecule has 114 valence electrons. The van der Waals surface area contributed by atoms with E-state index in [1.807, 2.05) is 36.6 Å². The number of halogens is 1. The molecule has 21 heavy (non-hydrogen) atoms. The molecule has 0 fully saturated rings. The number of amides is 1. The lowest BCUT2D eigenvalue weighted by Gasteiger charge is -2.10. The number of carbonyl (C=O) groups is 1. The van der Waals surface area contributed by atoms with Gasteiger partial charge in [-0.3, -0.25) is 4.79 Å². The minimum Gasteiger partial charge on any atom is -0.494 e. The quantitative estimate of drug-likeness (QED) is 0.835. The molecule has 1 aromatic carbocycles. The van der Waals surface area contributed by atoms with Gasteiger partial charge in [-0.25, -0.2) is 4.98 Å². The second-order valence-electron chi connectivity index (χ2n) is 5.11. The number of hydrogen-bond donors (Lipinski definition) is 1. The Kier molecular flexibility index (Phi) is 5.07. The first kappa shape index (κ1) is 15.6. The second-order valence-corrected chi connectivity index (χ2v) is 5.38. The lowest BCUT2D eigenvalue weighted by atomic mass is 10.3. The van der Waals surface area contributed by atoms with Crippen LogP contribution in [0.2, 0.25) is 0 Å². The molecular weight excluding hydrogens is 290 g/mol. The fourth-order valence-corrected chi connectivity index (χ4v) is 2.50. The Balaban J connectivity index is 2.28. The number of alkyl halides is 1. The van der Waals surface area contributed by atoms with Crippen molar-refractivity contribution in [1.82, 2.24) is 14.9 Å². The van der Waals surface area contributed by atoms with Crippen molar-refractivity contribution >= 4 is 28.5 Å². The molecule has 0 aliphatic rings. The molecule has 1 amide bonds. The van der Waals surface area contributed by atoms with Gasteiger partial charge in [0.2, 0.25) is 5.91 Å². The van der Waals surface area contributed by atoms with Crippen LogP contribution in [0.5, 0.6) is 5.75 Å². The summed E-state index contributed by atoms with van der Waals surface area (Å²) in [6, 6.07) is 5.88. The van der Waals surface area contributed by atoms with E-state index in [-0.39, 0.29) is 11.9 Å². The lowest BCUT2D eigenvalue weighted by molar-refractivity contribution is -0.121. The summed E-state index contributed by atoms with van der Waals surface area (Å²) in [6.45, 7) is 4.43. The third-order valence-corrected chi connectivity index (χ3v) is 3.41. The standard InChI is InChI=1S/C15H20ClN3O2/c1-10(2)17-14(20)7-8-19-11-5-4-6-12(21-3)15(11)18-13(19)9-16/h4-6,10H,7-9H2,1-3H3,(H,17,20). The van der Waals surface area contributed by atoms with Crippen LogP contribution in [-0.4, -0.2) is 28.6 Å². The van der Waals surface area contributed by atoms with Gasteiger partial charge < -0.3 is 14.6 Å². The fourth-order valence-electron chi connectivity index (χ4n) is 2.29. The molecule has 0 unspecified atom stereocenters. The number of methoxy groups -OCH3 is 1. The highest BCUT2D eigenvalue weighted by molar-refractivity contribution is 6.16. The van der Waals surface area contributed by atoms with Gasteiger partial charge in [0.15, 0.2) is 0 Å². The Morgan fingerprint density at radius 3 is 2.86 bits per heavy atom. The SMILES string of the molecule is COc1cccc2c1nc(CCl)n2CCC(=O)NC(C)C. The first-order valence-electron chi connectivity index (χ1n) is 6.94. The minimum absolute atomic E-state index is 0.0234. The Labute approximate surface area is 129 Å². The molecule has 5 nitrogen and oxygen atoms in total. The Bertz CT molecular complexity index is 637. The highest BCUT2D eigenvalue weighted by Gasteiger charge is 2.14. The van der Waals surface area contributed by atoms with Crippen LogP contribution in [0.3, 0.4) is 0 Å². The van der Waals surface area contributed by atoms with Gasteiger partial charge in [0.05, 0.1) is 18.5 Å². The van der Waals surface area contributed by atoms with E-state index in [9.17, 15) is 4.79 Å². The van der Waals surface area contributed by atoms with Crippen molar-refractivity contribution in [3.8, 4) is 5.75 Å². The van der Waals surface area contributed by atoms with Gasteiger partial charge in [0, 0.05) is 19.0 Å². The fraction of sp³-hybridized carbons (Fsp3) is 0.467. The Morgan fingerprint density at radius 1 is 1.48 bits per heavy atom. The maximum absolute atomic E-state index is 11.8. The molecule has 0 aliphatic carbocycles. The summed E-state index contributed by atoms with van der Waals surface area (Å²) in [5, 5.41) is 2.88. The molecule has 1 aromatic heterocycles. The number of benzene rings is 1. The lowest BCUT2D eigenvalue weighted by Crippen LogP contribution is -2.30. The summed E-state index contributed by atoms with van der Waals surface area (Å²) in [7, 11) is 1.62. The summed E-state index contributed by atoms with van der Waals surface area (Å²) in [5.41, 5.74) is 1.71. The van der Waals surface area contributed by atoms with Crippen LogP contribution in [0.1, 0.15) is 26.1 Å². The van der Waals surface area contributed by atoms with E-state index in [0.29, 0.717) is 24.6 Å². The molecule has 0 atom stereocenters. The summed E-state index contributed by atoms with van der Waals surface area (Å²) < 4.78 is 7.30. The predicted molar refractivity (Wildman–Crippen MR) is 83.7 cm³/mol. The zero-order valence-electron chi connectivity index (χ0n) is 12.5. The van der Waals surface area contributed by atoms with Gasteiger partial charge in [0.1, 0.15) is 17.1 Å². The number of aromatic nitrogens is 2. The van der Waals surface area contributed by atoms with Gasteiger partial charge in [-0.15, -0.1) is 11.6 Å². The van der Waals surface area contributed by atoms with E-state index in [0.717, 1.165) is 16.9 Å². The maximum atomic E-state index is 11.8. The van der Waals surface area contributed by atoms with Crippen molar-refractivity contribution in [1.29, 1.82) is 0 Å². The summed E-state index contributed by atoms with van der Waals surface area (Å²) >= 11 is 5.97. The number of nitrogens with zero attached hydrogens (tertiary/aromatic N) is 2. The zero-order chi connectivity index (χ0) is 15.4. The van der Waals surface area contributed by atoms with Crippen LogP contribution in [0, 0.1) is 0 Å². The Morgan fingerprint density at radius 2 is 2.24 bits per heavy atom. The molecule has 0 bridgehead atoms. The monoisotopic (exact) mass is 309 g/mol. The summed E-state index contributed by atoms with van der Waals surface area (Å²) in [4.78, 5) is 16.3. The molecule has 0 spiro atoms. The van der Waals surface area contributed by atoms with Crippen molar-refractivity contribution in [2.24, 2.45) is 0 Å². The molecule has 6 heteroatoms. The maximum Gasteiger partial charge on any atom is 0.221 e. The van der Waals surface area contributed by atoms with Crippen molar-refractivity contribution in [2.75, 3.05) is 7.11 Å². The topological polar surface area (TPSA) is 56.2 Å². The van der Waals surface area contributed by atoms with Gasteiger partial charge in [-0.2, -0.15) is 0 Å². The molecule has 0 radical (unpaired) electrons. The molecule has 2 aromatic rings. The summed E-state index contributed by atoms with van der Waals surface area (Å²) in [5.74, 6) is 1.77. The number of aryl methyl sites for hydroxylation is 1. The number of nitrogens with one attached hydrogen (secondary N) is 1. The van der Waals surface area contributed by atoms with E-state index in [1.165, 1.54) is 0 Å². The minimum atomic E-state index is 0.0234. The van der Waals surface area contributed by atoms with E-state index < -0.39 is 0 Å². The first-order valence-corrected chi connectivity index (χ1v) is 7.47. The molecule has 1 N–H and O–H groups in total. The number of hydrogen-bond acceptors (Lipinski definition) is 3. The average molecular weight is 310 g/mol. The molecule has 1 heterocycles. The molecule has 0 saturated heterocycles. The molecule has 0 aliphatic heterocycles. The van der Waals surface area contributed by atoms with Crippen LogP contribution in [0.15, 0.2) is 18.2 Å². The number of fused-ring (bicyclic) bond motifs is 1. The van der Waals surface area contributed by atoms with E-state index in [2.05, 4.69) is 10.3 Å². The van der Waals surface area contributed by atoms with Gasteiger partial charge >= 0.3 is 0 Å². The van der Waals surface area contributed by atoms with Crippen LogP contribution in [0.4, 0.5) is 0 Å². The second kappa shape index (κ2) is 6.80. The third-order valence-electron chi connectivity index (χ3n) is 3.17. The van der Waals surface area contributed by atoms with E-state index in [1.54, 1.807) is 7.11 Å². The largest absolute Gasteiger partial charge is 0.494 e. The van der Waals surface area contributed by atoms with Gasteiger partial charge in [0.25, 0.3) is 0 Å². The summed E-state index contributed by atoms with van der Waals surface area (Å²) in [6.07, 6.45) is 0.394. The molecule has 0 saturated carbocycles. The van der Waals surface area contributed by atoms with Gasteiger partial charge in [-0.05, 0) is 26.0 Å². The third kappa shape index (κ3) is 3.47. The van der Waals surface area contributed by atoms with Crippen molar-refractivity contribution in [2.45, 2.75) is 38.7 Å². The van der Waals surface area contributed by atoms with Crippen LogP contribution >= 0.6 is 11.6 Å². The number of carbonyl (C=O) groups excluding carboxylic acids is 1. The van der Waals surface area contributed by atoms with Crippen LogP contribution in [-0.2, 0) is 17.2 Å². The highest BCUT2D eigenvalue weighted by Crippen LogP contribution is 2.26. The van der Waals surface area contributed by atoms with E-state index in [4.69, 9.17) is 16.3 Å². The van der Waals surface area contributed by atoms with Crippen molar-refractivity contribution < 1.29 is 9.53 Å². The number of para-hydroxylation sites is 1. The zero-order valence-corrected chi connectivity index (χ0v) is 13.3. The van der Waals surface area contributed by atoms with Crippen molar-refractivity contribution in [3.05, 3.63) is 24.0 Å². The normalized spacial score (nSPS) is 11.1. The molecular formula is C15H20ClN3O2. The average Bonchev–Trinajstić information content (AvgIpc) is 2.82. The van der Waals surface area contributed by atoms with Gasteiger partial charge in [-0.1, -0.05) is 6.07 Å². The highest BCUT2D eigenvalue weighted by atomic mass is 35.5. The number of ether oxygens (including phenoxy) is 1.